The minimum absolute atomic E-state index is 0.157. The molecule has 0 radical (unpaired) electrons. The number of hydrogen-bond donors (Lipinski definition) is 2. The van der Waals surface area contributed by atoms with Crippen LogP contribution in [0.1, 0.15) is 29.6 Å². The fourth-order valence-corrected chi connectivity index (χ4v) is 3.35. The van der Waals surface area contributed by atoms with E-state index in [-0.39, 0.29) is 30.1 Å². The second-order valence-electron chi connectivity index (χ2n) is 6.54. The molecule has 0 bridgehead atoms. The zero-order chi connectivity index (χ0) is 18.4. The van der Waals surface area contributed by atoms with E-state index in [1.165, 1.54) is 6.07 Å². The van der Waals surface area contributed by atoms with Gasteiger partial charge in [0.05, 0.1) is 6.61 Å². The maximum Gasteiger partial charge on any atom is 0.251 e. The van der Waals surface area contributed by atoms with Crippen molar-refractivity contribution in [3.63, 3.8) is 0 Å². The summed E-state index contributed by atoms with van der Waals surface area (Å²) in [6.45, 7) is 2.39. The van der Waals surface area contributed by atoms with Crippen molar-refractivity contribution < 1.29 is 14.3 Å². The number of halogens is 1. The molecule has 1 aliphatic heterocycles. The molecule has 0 unspecified atom stereocenters. The number of nitrogens with one attached hydrogen (secondary N) is 1. The van der Waals surface area contributed by atoms with Crippen molar-refractivity contribution in [1.29, 1.82) is 0 Å². The SMILES string of the molecule is O=C(NCCN1CCCC[C@H]1CO)c1ccc(-c2ncccc2F)cc1. The normalized spacial score (nSPS) is 17.8. The van der Waals surface area contributed by atoms with E-state index in [0.29, 0.717) is 17.7 Å². The first-order valence-corrected chi connectivity index (χ1v) is 9.03. The third-order valence-electron chi connectivity index (χ3n) is 4.82. The second-order valence-corrected chi connectivity index (χ2v) is 6.54. The van der Waals surface area contributed by atoms with Crippen molar-refractivity contribution in [1.82, 2.24) is 15.2 Å². The number of benzene rings is 1. The minimum Gasteiger partial charge on any atom is -0.395 e. The topological polar surface area (TPSA) is 65.5 Å². The lowest BCUT2D eigenvalue weighted by Gasteiger charge is -2.34. The van der Waals surface area contributed by atoms with Gasteiger partial charge >= 0.3 is 0 Å². The van der Waals surface area contributed by atoms with E-state index in [1.807, 2.05) is 0 Å². The summed E-state index contributed by atoms with van der Waals surface area (Å²) in [4.78, 5) is 18.6. The van der Waals surface area contributed by atoms with E-state index in [0.717, 1.165) is 32.4 Å². The molecule has 1 atom stereocenters. The highest BCUT2D eigenvalue weighted by molar-refractivity contribution is 5.94. The van der Waals surface area contributed by atoms with Crippen LogP contribution in [0.15, 0.2) is 42.6 Å². The van der Waals surface area contributed by atoms with Gasteiger partial charge in [-0.2, -0.15) is 0 Å². The Bertz CT molecular complexity index is 736. The van der Waals surface area contributed by atoms with E-state index in [2.05, 4.69) is 15.2 Å². The Morgan fingerprint density at radius 3 is 2.81 bits per heavy atom. The summed E-state index contributed by atoms with van der Waals surface area (Å²) in [6.07, 6.45) is 4.84. The fourth-order valence-electron chi connectivity index (χ4n) is 3.35. The minimum atomic E-state index is -0.385. The molecule has 1 aromatic carbocycles. The zero-order valence-electron chi connectivity index (χ0n) is 14.7. The van der Waals surface area contributed by atoms with E-state index < -0.39 is 0 Å². The summed E-state index contributed by atoms with van der Waals surface area (Å²) < 4.78 is 13.8. The number of hydrogen-bond acceptors (Lipinski definition) is 4. The van der Waals surface area contributed by atoms with Gasteiger partial charge in [-0.15, -0.1) is 0 Å². The zero-order valence-corrected chi connectivity index (χ0v) is 14.7. The maximum absolute atomic E-state index is 13.8. The van der Waals surface area contributed by atoms with Gasteiger partial charge in [0.15, 0.2) is 0 Å². The van der Waals surface area contributed by atoms with Crippen molar-refractivity contribution in [3.05, 3.63) is 54.0 Å². The number of piperidine rings is 1. The number of aliphatic hydroxyl groups is 1. The molecule has 26 heavy (non-hydrogen) atoms. The number of nitrogens with zero attached hydrogens (tertiary/aromatic N) is 2. The van der Waals surface area contributed by atoms with E-state index in [4.69, 9.17) is 0 Å². The van der Waals surface area contributed by atoms with Crippen LogP contribution in [0.5, 0.6) is 0 Å². The molecule has 2 aromatic rings. The summed E-state index contributed by atoms with van der Waals surface area (Å²) in [5, 5.41) is 12.3. The number of amides is 1. The monoisotopic (exact) mass is 357 g/mol. The molecule has 0 saturated carbocycles. The Kier molecular flexibility index (Phi) is 6.30. The summed E-state index contributed by atoms with van der Waals surface area (Å²) in [5.41, 5.74) is 1.45. The van der Waals surface area contributed by atoms with Crippen molar-refractivity contribution in [2.24, 2.45) is 0 Å². The van der Waals surface area contributed by atoms with Crippen LogP contribution >= 0.6 is 0 Å². The molecule has 2 N–H and O–H groups in total. The van der Waals surface area contributed by atoms with Gasteiger partial charge in [-0.3, -0.25) is 14.7 Å². The van der Waals surface area contributed by atoms with Gasteiger partial charge in [-0.25, -0.2) is 4.39 Å². The van der Waals surface area contributed by atoms with Gasteiger partial charge in [-0.1, -0.05) is 18.6 Å². The number of likely N-dealkylation sites (tertiary alicyclic amines) is 1. The van der Waals surface area contributed by atoms with Crippen LogP contribution in [0.25, 0.3) is 11.3 Å². The van der Waals surface area contributed by atoms with Gasteiger partial charge in [0.2, 0.25) is 0 Å². The van der Waals surface area contributed by atoms with Crippen LogP contribution in [-0.2, 0) is 0 Å². The lowest BCUT2D eigenvalue weighted by molar-refractivity contribution is 0.0849. The molecular weight excluding hydrogens is 333 g/mol. The molecule has 1 aliphatic rings. The van der Waals surface area contributed by atoms with Crippen molar-refractivity contribution >= 4 is 5.91 Å². The fraction of sp³-hybridized carbons (Fsp3) is 0.400. The molecule has 0 aliphatic carbocycles. The van der Waals surface area contributed by atoms with E-state index >= 15 is 0 Å². The molecular formula is C20H24FN3O2. The van der Waals surface area contributed by atoms with Gasteiger partial charge in [0.25, 0.3) is 5.91 Å². The lowest BCUT2D eigenvalue weighted by Crippen LogP contribution is -2.45. The Morgan fingerprint density at radius 2 is 2.08 bits per heavy atom. The molecule has 1 aromatic heterocycles. The first-order valence-electron chi connectivity index (χ1n) is 9.03. The number of aromatic nitrogens is 1. The average molecular weight is 357 g/mol. The summed E-state index contributed by atoms with van der Waals surface area (Å²) >= 11 is 0. The Labute approximate surface area is 152 Å². The van der Waals surface area contributed by atoms with Gasteiger partial charge < -0.3 is 10.4 Å². The summed E-state index contributed by atoms with van der Waals surface area (Å²) in [7, 11) is 0. The highest BCUT2D eigenvalue weighted by Gasteiger charge is 2.21. The number of pyridine rings is 1. The molecule has 3 rings (SSSR count). The summed E-state index contributed by atoms with van der Waals surface area (Å²) in [5.74, 6) is -0.541. The first kappa shape index (κ1) is 18.5. The van der Waals surface area contributed by atoms with Crippen LogP contribution in [0, 0.1) is 5.82 Å². The smallest absolute Gasteiger partial charge is 0.251 e. The van der Waals surface area contributed by atoms with E-state index in [9.17, 15) is 14.3 Å². The predicted octanol–water partition coefficient (Wildman–Crippen LogP) is 2.46. The molecule has 138 valence electrons. The Hall–Kier alpha value is -2.31. The Morgan fingerprint density at radius 1 is 1.27 bits per heavy atom. The van der Waals surface area contributed by atoms with Crippen molar-refractivity contribution in [3.8, 4) is 11.3 Å². The van der Waals surface area contributed by atoms with Crippen LogP contribution in [0.2, 0.25) is 0 Å². The molecule has 1 fully saturated rings. The number of carbonyl (C=O) groups is 1. The number of rotatable bonds is 6. The molecule has 6 heteroatoms. The van der Waals surface area contributed by atoms with Crippen LogP contribution < -0.4 is 5.32 Å². The average Bonchev–Trinajstić information content (AvgIpc) is 2.69. The van der Waals surface area contributed by atoms with Crippen LogP contribution in [0.3, 0.4) is 0 Å². The second kappa shape index (κ2) is 8.87. The quantitative estimate of drug-likeness (QED) is 0.834. The standard InChI is InChI=1S/C20H24FN3O2/c21-18-5-3-10-22-19(18)15-6-8-16(9-7-15)20(26)23-11-13-24-12-2-1-4-17(24)14-25/h3,5-10,17,25H,1-2,4,11-14H2,(H,23,26)/t17-/m0/s1. The predicted molar refractivity (Wildman–Crippen MR) is 98.3 cm³/mol. The van der Waals surface area contributed by atoms with Crippen molar-refractivity contribution in [2.75, 3.05) is 26.2 Å². The summed E-state index contributed by atoms with van der Waals surface area (Å²) in [6, 6.07) is 9.87. The largest absolute Gasteiger partial charge is 0.395 e. The third-order valence-corrected chi connectivity index (χ3v) is 4.82. The van der Waals surface area contributed by atoms with Gasteiger partial charge in [0.1, 0.15) is 11.5 Å². The molecule has 0 spiro atoms. The molecule has 5 nitrogen and oxygen atoms in total. The van der Waals surface area contributed by atoms with Gasteiger partial charge in [0, 0.05) is 36.5 Å². The molecule has 1 amide bonds. The number of carbonyl (C=O) groups excluding carboxylic acids is 1. The van der Waals surface area contributed by atoms with Crippen LogP contribution in [0.4, 0.5) is 4.39 Å². The molecule has 1 saturated heterocycles. The highest BCUT2D eigenvalue weighted by atomic mass is 19.1. The van der Waals surface area contributed by atoms with Crippen LogP contribution in [-0.4, -0.2) is 53.2 Å². The highest BCUT2D eigenvalue weighted by Crippen LogP contribution is 2.20. The lowest BCUT2D eigenvalue weighted by atomic mass is 10.0. The Balaban J connectivity index is 1.54. The van der Waals surface area contributed by atoms with Gasteiger partial charge in [-0.05, 0) is 43.7 Å². The maximum atomic E-state index is 13.8. The first-order chi connectivity index (χ1) is 12.7. The van der Waals surface area contributed by atoms with E-state index in [1.54, 1.807) is 36.5 Å². The molecule has 2 heterocycles. The van der Waals surface area contributed by atoms with Crippen molar-refractivity contribution in [2.45, 2.75) is 25.3 Å². The number of aliphatic hydroxyl groups excluding tert-OH is 1. The third kappa shape index (κ3) is 4.45.